The van der Waals surface area contributed by atoms with Gasteiger partial charge >= 0.3 is 0 Å². The van der Waals surface area contributed by atoms with E-state index in [0.29, 0.717) is 24.4 Å². The molecule has 2 aromatic rings. The van der Waals surface area contributed by atoms with Crippen molar-refractivity contribution in [3.8, 4) is 17.6 Å². The minimum absolute atomic E-state index is 0.289. The summed E-state index contributed by atoms with van der Waals surface area (Å²) in [6.07, 6.45) is 0. The molecule has 20 heavy (non-hydrogen) atoms. The van der Waals surface area contributed by atoms with Crippen LogP contribution in [0.1, 0.15) is 16.7 Å². The Morgan fingerprint density at radius 1 is 1.20 bits per heavy atom. The van der Waals surface area contributed by atoms with Gasteiger partial charge < -0.3 is 15.2 Å². The molecular weight excluding hydrogens is 252 g/mol. The van der Waals surface area contributed by atoms with Crippen molar-refractivity contribution in [1.29, 1.82) is 5.26 Å². The van der Waals surface area contributed by atoms with Gasteiger partial charge in [0, 0.05) is 18.7 Å². The third-order valence-electron chi connectivity index (χ3n) is 3.02. The van der Waals surface area contributed by atoms with Crippen molar-refractivity contribution in [2.24, 2.45) is 0 Å². The van der Waals surface area contributed by atoms with Crippen molar-refractivity contribution in [3.05, 3.63) is 59.2 Å². The van der Waals surface area contributed by atoms with Crippen LogP contribution in [-0.4, -0.2) is 12.2 Å². The van der Waals surface area contributed by atoms with Gasteiger partial charge in [-0.3, -0.25) is 0 Å². The molecule has 0 bridgehead atoms. The Balaban J connectivity index is 1.98. The predicted octanol–water partition coefficient (Wildman–Crippen LogP) is 2.56. The summed E-state index contributed by atoms with van der Waals surface area (Å²) in [5.41, 5.74) is 2.40. The molecule has 0 unspecified atom stereocenters. The molecule has 0 saturated carbocycles. The first-order valence-corrected chi connectivity index (χ1v) is 6.29. The van der Waals surface area contributed by atoms with E-state index < -0.39 is 0 Å². The van der Waals surface area contributed by atoms with E-state index in [1.807, 2.05) is 24.3 Å². The van der Waals surface area contributed by atoms with Crippen molar-refractivity contribution in [3.63, 3.8) is 0 Å². The third kappa shape index (κ3) is 3.28. The molecule has 0 aliphatic rings. The molecule has 0 atom stereocenters. The van der Waals surface area contributed by atoms with Crippen LogP contribution in [-0.2, 0) is 13.1 Å². The topological polar surface area (TPSA) is 65.3 Å². The fraction of sp³-hybridized carbons (Fsp3) is 0.188. The zero-order valence-corrected chi connectivity index (χ0v) is 11.3. The van der Waals surface area contributed by atoms with Crippen molar-refractivity contribution in [1.82, 2.24) is 5.32 Å². The molecule has 2 N–H and O–H groups in total. The van der Waals surface area contributed by atoms with E-state index in [-0.39, 0.29) is 5.75 Å². The van der Waals surface area contributed by atoms with Crippen LogP contribution in [0.25, 0.3) is 0 Å². The molecule has 2 aromatic carbocycles. The number of nitrogens with zero attached hydrogens (tertiary/aromatic N) is 1. The number of benzene rings is 2. The SMILES string of the molecule is COc1cc(CNCc2ccccc2O)ccc1C#N. The number of aromatic hydroxyl groups is 1. The van der Waals surface area contributed by atoms with Gasteiger partial charge in [0.15, 0.2) is 0 Å². The second kappa shape index (κ2) is 6.60. The summed E-state index contributed by atoms with van der Waals surface area (Å²) < 4.78 is 5.17. The van der Waals surface area contributed by atoms with Gasteiger partial charge in [0.25, 0.3) is 0 Å². The minimum Gasteiger partial charge on any atom is -0.508 e. The van der Waals surface area contributed by atoms with E-state index in [1.165, 1.54) is 0 Å². The predicted molar refractivity (Wildman–Crippen MR) is 76.4 cm³/mol. The van der Waals surface area contributed by atoms with Gasteiger partial charge in [0.1, 0.15) is 17.6 Å². The van der Waals surface area contributed by atoms with E-state index in [4.69, 9.17) is 10.00 Å². The summed E-state index contributed by atoms with van der Waals surface area (Å²) in [4.78, 5) is 0. The van der Waals surface area contributed by atoms with E-state index in [2.05, 4.69) is 11.4 Å². The summed E-state index contributed by atoms with van der Waals surface area (Å²) in [5, 5.41) is 21.8. The molecule has 0 amide bonds. The zero-order chi connectivity index (χ0) is 14.4. The first kappa shape index (κ1) is 13.9. The highest BCUT2D eigenvalue weighted by Crippen LogP contribution is 2.19. The lowest BCUT2D eigenvalue weighted by molar-refractivity contribution is 0.412. The Morgan fingerprint density at radius 2 is 2.00 bits per heavy atom. The molecular formula is C16H16N2O2. The van der Waals surface area contributed by atoms with Crippen LogP contribution in [0.2, 0.25) is 0 Å². The maximum atomic E-state index is 9.66. The maximum Gasteiger partial charge on any atom is 0.136 e. The van der Waals surface area contributed by atoms with Gasteiger partial charge in [-0.15, -0.1) is 0 Å². The van der Waals surface area contributed by atoms with Crippen molar-refractivity contribution < 1.29 is 9.84 Å². The smallest absolute Gasteiger partial charge is 0.136 e. The third-order valence-corrected chi connectivity index (χ3v) is 3.02. The number of hydrogen-bond donors (Lipinski definition) is 2. The number of phenols is 1. The number of ether oxygens (including phenoxy) is 1. The second-order valence-electron chi connectivity index (χ2n) is 4.38. The van der Waals surface area contributed by atoms with E-state index >= 15 is 0 Å². The monoisotopic (exact) mass is 268 g/mol. The number of hydrogen-bond acceptors (Lipinski definition) is 4. The molecule has 0 aliphatic carbocycles. The van der Waals surface area contributed by atoms with Crippen molar-refractivity contribution in [2.75, 3.05) is 7.11 Å². The average Bonchev–Trinajstić information content (AvgIpc) is 2.49. The standard InChI is InChI=1S/C16H16N2O2/c1-20-16-8-12(6-7-13(16)9-17)10-18-11-14-4-2-3-5-15(14)19/h2-8,18-19H,10-11H2,1H3. The van der Waals surface area contributed by atoms with E-state index in [9.17, 15) is 5.11 Å². The number of nitriles is 1. The molecule has 102 valence electrons. The van der Waals surface area contributed by atoms with Crippen molar-refractivity contribution >= 4 is 0 Å². The molecule has 4 heteroatoms. The van der Waals surface area contributed by atoms with Crippen LogP contribution in [0.4, 0.5) is 0 Å². The summed E-state index contributed by atoms with van der Waals surface area (Å²) in [7, 11) is 1.55. The van der Waals surface area contributed by atoms with Gasteiger partial charge in [-0.1, -0.05) is 24.3 Å². The normalized spacial score (nSPS) is 10.0. The Labute approximate surface area is 118 Å². The van der Waals surface area contributed by atoms with Crippen LogP contribution in [0, 0.1) is 11.3 Å². The maximum absolute atomic E-state index is 9.66. The number of para-hydroxylation sites is 1. The average molecular weight is 268 g/mol. The summed E-state index contributed by atoms with van der Waals surface area (Å²) in [6.45, 7) is 1.21. The van der Waals surface area contributed by atoms with Crippen LogP contribution in [0.15, 0.2) is 42.5 Å². The van der Waals surface area contributed by atoms with Gasteiger partial charge in [0.05, 0.1) is 12.7 Å². The lowest BCUT2D eigenvalue weighted by Gasteiger charge is -2.09. The number of phenolic OH excluding ortho intramolecular Hbond substituents is 1. The van der Waals surface area contributed by atoms with Crippen LogP contribution < -0.4 is 10.1 Å². The molecule has 0 saturated heterocycles. The highest BCUT2D eigenvalue weighted by molar-refractivity contribution is 5.45. The molecule has 0 spiro atoms. The Bertz CT molecular complexity index is 633. The van der Waals surface area contributed by atoms with E-state index in [0.717, 1.165) is 11.1 Å². The lowest BCUT2D eigenvalue weighted by atomic mass is 10.1. The molecule has 0 aromatic heterocycles. The highest BCUT2D eigenvalue weighted by Gasteiger charge is 2.04. The fourth-order valence-electron chi connectivity index (χ4n) is 1.94. The Hall–Kier alpha value is -2.51. The highest BCUT2D eigenvalue weighted by atomic mass is 16.5. The van der Waals surface area contributed by atoms with Crippen molar-refractivity contribution in [2.45, 2.75) is 13.1 Å². The van der Waals surface area contributed by atoms with Gasteiger partial charge in [-0.2, -0.15) is 5.26 Å². The lowest BCUT2D eigenvalue weighted by Crippen LogP contribution is -2.12. The van der Waals surface area contributed by atoms with Crippen LogP contribution in [0.5, 0.6) is 11.5 Å². The number of nitrogens with one attached hydrogen (secondary N) is 1. The Kier molecular flexibility index (Phi) is 4.59. The van der Waals surface area contributed by atoms with Crippen LogP contribution in [0.3, 0.4) is 0 Å². The molecule has 0 heterocycles. The summed E-state index contributed by atoms with van der Waals surface area (Å²) in [5.74, 6) is 0.867. The first-order valence-electron chi connectivity index (χ1n) is 6.29. The van der Waals surface area contributed by atoms with Gasteiger partial charge in [-0.25, -0.2) is 0 Å². The fourth-order valence-corrected chi connectivity index (χ4v) is 1.94. The minimum atomic E-state index is 0.289. The van der Waals surface area contributed by atoms with Gasteiger partial charge in [-0.05, 0) is 23.8 Å². The molecule has 2 rings (SSSR count). The van der Waals surface area contributed by atoms with E-state index in [1.54, 1.807) is 25.3 Å². The number of rotatable bonds is 5. The molecule has 0 aliphatic heterocycles. The second-order valence-corrected chi connectivity index (χ2v) is 4.38. The number of methoxy groups -OCH3 is 1. The Morgan fingerprint density at radius 3 is 2.70 bits per heavy atom. The molecule has 4 nitrogen and oxygen atoms in total. The van der Waals surface area contributed by atoms with Crippen LogP contribution >= 0.6 is 0 Å². The largest absolute Gasteiger partial charge is 0.508 e. The first-order chi connectivity index (χ1) is 9.74. The summed E-state index contributed by atoms with van der Waals surface area (Å²) >= 11 is 0. The zero-order valence-electron chi connectivity index (χ0n) is 11.3. The molecule has 0 radical (unpaired) electrons. The molecule has 0 fully saturated rings. The summed E-state index contributed by atoms with van der Waals surface area (Å²) in [6, 6.07) is 14.8. The van der Waals surface area contributed by atoms with Gasteiger partial charge in [0.2, 0.25) is 0 Å². The quantitative estimate of drug-likeness (QED) is 0.874.